The monoisotopic (exact) mass is 329 g/mol. The Bertz CT molecular complexity index is 426. The van der Waals surface area contributed by atoms with Crippen LogP contribution in [0.5, 0.6) is 0 Å². The Labute approximate surface area is 122 Å². The van der Waals surface area contributed by atoms with Gasteiger partial charge in [-0.1, -0.05) is 22.0 Å². The molecule has 19 heavy (non-hydrogen) atoms. The summed E-state index contributed by atoms with van der Waals surface area (Å²) in [5.41, 5.74) is 7.50. The largest absolute Gasteiger partial charge is 0.399 e. The molecular weight excluding hydrogens is 310 g/mol. The van der Waals surface area contributed by atoms with Crippen molar-refractivity contribution in [3.05, 3.63) is 28.2 Å². The molecule has 0 radical (unpaired) electrons. The van der Waals surface area contributed by atoms with Crippen molar-refractivity contribution in [1.29, 1.82) is 0 Å². The number of benzene rings is 1. The number of likely N-dealkylation sites (N-methyl/N-ethyl adjacent to an activating group) is 1. The second-order valence-electron chi connectivity index (χ2n) is 4.37. The third-order valence-electron chi connectivity index (χ3n) is 2.56. The van der Waals surface area contributed by atoms with Gasteiger partial charge in [-0.15, -0.1) is 0 Å². The van der Waals surface area contributed by atoms with Crippen LogP contribution in [0.25, 0.3) is 0 Å². The molecule has 0 aliphatic carbocycles. The van der Waals surface area contributed by atoms with Crippen molar-refractivity contribution in [3.63, 3.8) is 0 Å². The predicted octanol–water partition coefficient (Wildman–Crippen LogP) is 1.23. The Hall–Kier alpha value is -1.11. The minimum Gasteiger partial charge on any atom is -0.399 e. The highest BCUT2D eigenvalue weighted by atomic mass is 79.9. The van der Waals surface area contributed by atoms with E-state index >= 15 is 0 Å². The lowest BCUT2D eigenvalue weighted by Crippen LogP contribution is -2.36. The van der Waals surface area contributed by atoms with Gasteiger partial charge >= 0.3 is 0 Å². The molecule has 0 aromatic heterocycles. The van der Waals surface area contributed by atoms with E-state index in [1.54, 1.807) is 7.11 Å². The van der Waals surface area contributed by atoms with Crippen LogP contribution >= 0.6 is 15.9 Å². The van der Waals surface area contributed by atoms with Gasteiger partial charge in [0.05, 0.1) is 13.2 Å². The van der Waals surface area contributed by atoms with Crippen molar-refractivity contribution >= 4 is 27.5 Å². The zero-order valence-corrected chi connectivity index (χ0v) is 12.9. The lowest BCUT2D eigenvalue weighted by molar-refractivity contribution is -0.122. The number of carbonyl (C=O) groups excluding carboxylic acids is 1. The van der Waals surface area contributed by atoms with Crippen molar-refractivity contribution < 1.29 is 9.53 Å². The first kappa shape index (κ1) is 15.9. The van der Waals surface area contributed by atoms with Crippen molar-refractivity contribution in [2.45, 2.75) is 6.54 Å². The van der Waals surface area contributed by atoms with Crippen molar-refractivity contribution in [3.8, 4) is 0 Å². The number of anilines is 1. The van der Waals surface area contributed by atoms with Crippen molar-refractivity contribution in [2.75, 3.05) is 39.6 Å². The van der Waals surface area contributed by atoms with Crippen LogP contribution in [0.15, 0.2) is 22.7 Å². The smallest absolute Gasteiger partial charge is 0.234 e. The molecule has 0 aliphatic heterocycles. The van der Waals surface area contributed by atoms with Gasteiger partial charge in [0.25, 0.3) is 0 Å². The van der Waals surface area contributed by atoms with E-state index in [-0.39, 0.29) is 5.91 Å². The fraction of sp³-hybridized carbons (Fsp3) is 0.462. The molecule has 0 bridgehead atoms. The molecule has 1 aromatic carbocycles. The van der Waals surface area contributed by atoms with E-state index in [2.05, 4.69) is 21.2 Å². The minimum atomic E-state index is -0.00822. The van der Waals surface area contributed by atoms with Gasteiger partial charge in [0.2, 0.25) is 5.91 Å². The molecule has 0 aliphatic rings. The number of nitrogens with two attached hydrogens (primary N) is 1. The topological polar surface area (TPSA) is 67.6 Å². The fourth-order valence-electron chi connectivity index (χ4n) is 1.63. The average molecular weight is 330 g/mol. The highest BCUT2D eigenvalue weighted by molar-refractivity contribution is 9.10. The molecule has 106 valence electrons. The fourth-order valence-corrected chi connectivity index (χ4v) is 2.15. The average Bonchev–Trinajstić information content (AvgIpc) is 2.33. The Morgan fingerprint density at radius 1 is 1.53 bits per heavy atom. The van der Waals surface area contributed by atoms with Gasteiger partial charge < -0.3 is 15.8 Å². The molecule has 0 saturated heterocycles. The van der Waals surface area contributed by atoms with E-state index in [0.29, 0.717) is 26.2 Å². The number of amides is 1. The second-order valence-corrected chi connectivity index (χ2v) is 5.22. The summed E-state index contributed by atoms with van der Waals surface area (Å²) in [5, 5.41) is 2.79. The predicted molar refractivity (Wildman–Crippen MR) is 79.8 cm³/mol. The number of nitrogens with zero attached hydrogens (tertiary/aromatic N) is 1. The van der Waals surface area contributed by atoms with E-state index in [9.17, 15) is 4.79 Å². The first-order valence-corrected chi connectivity index (χ1v) is 6.80. The summed E-state index contributed by atoms with van der Waals surface area (Å²) >= 11 is 3.47. The molecule has 0 fully saturated rings. The number of ether oxygens (including phenoxy) is 1. The molecule has 3 N–H and O–H groups in total. The SMILES string of the molecule is COCCNC(=O)CN(C)Cc1ccc(N)cc1Br. The van der Waals surface area contributed by atoms with Gasteiger partial charge in [-0.2, -0.15) is 0 Å². The number of halogens is 1. The Balaban J connectivity index is 2.42. The van der Waals surface area contributed by atoms with Gasteiger partial charge in [-0.05, 0) is 24.7 Å². The van der Waals surface area contributed by atoms with Gasteiger partial charge in [0.15, 0.2) is 0 Å². The van der Waals surface area contributed by atoms with E-state index in [1.807, 2.05) is 30.1 Å². The lowest BCUT2D eigenvalue weighted by Gasteiger charge is -2.17. The number of hydrogen-bond acceptors (Lipinski definition) is 4. The summed E-state index contributed by atoms with van der Waals surface area (Å²) in [6.45, 7) is 2.09. The molecular formula is C13H20BrN3O2. The Morgan fingerprint density at radius 2 is 2.26 bits per heavy atom. The Morgan fingerprint density at radius 3 is 2.89 bits per heavy atom. The van der Waals surface area contributed by atoms with E-state index < -0.39 is 0 Å². The molecule has 1 aromatic rings. The van der Waals surface area contributed by atoms with Crippen LogP contribution in [0.4, 0.5) is 5.69 Å². The van der Waals surface area contributed by atoms with Crippen LogP contribution in [-0.2, 0) is 16.1 Å². The summed E-state index contributed by atoms with van der Waals surface area (Å²) in [7, 11) is 3.51. The van der Waals surface area contributed by atoms with Crippen molar-refractivity contribution in [1.82, 2.24) is 10.2 Å². The number of carbonyl (C=O) groups is 1. The van der Waals surface area contributed by atoms with Crippen LogP contribution in [0.1, 0.15) is 5.56 Å². The molecule has 1 amide bonds. The van der Waals surface area contributed by atoms with Crippen LogP contribution in [0.3, 0.4) is 0 Å². The molecule has 0 heterocycles. The third kappa shape index (κ3) is 6.04. The van der Waals surface area contributed by atoms with Gasteiger partial charge in [-0.3, -0.25) is 9.69 Å². The van der Waals surface area contributed by atoms with Gasteiger partial charge in [0, 0.05) is 30.4 Å². The summed E-state index contributed by atoms with van der Waals surface area (Å²) in [4.78, 5) is 13.6. The number of methoxy groups -OCH3 is 1. The van der Waals surface area contributed by atoms with E-state index in [0.717, 1.165) is 15.7 Å². The summed E-state index contributed by atoms with van der Waals surface area (Å²) in [6.07, 6.45) is 0. The molecule has 0 saturated carbocycles. The summed E-state index contributed by atoms with van der Waals surface area (Å²) < 4.78 is 5.83. The molecule has 0 unspecified atom stereocenters. The standard InChI is InChI=1S/C13H20BrN3O2/c1-17(9-13(18)16-5-6-19-2)8-10-3-4-11(15)7-12(10)14/h3-4,7H,5-6,8-9,15H2,1-2H3,(H,16,18). The van der Waals surface area contributed by atoms with Crippen LogP contribution in [-0.4, -0.2) is 44.7 Å². The third-order valence-corrected chi connectivity index (χ3v) is 3.30. The first-order chi connectivity index (χ1) is 9.02. The van der Waals surface area contributed by atoms with E-state index in [4.69, 9.17) is 10.5 Å². The first-order valence-electron chi connectivity index (χ1n) is 6.01. The normalized spacial score (nSPS) is 10.7. The number of nitrogen functional groups attached to an aromatic ring is 1. The van der Waals surface area contributed by atoms with Crippen LogP contribution < -0.4 is 11.1 Å². The quantitative estimate of drug-likeness (QED) is 0.583. The Kier molecular flexibility index (Phi) is 6.83. The molecule has 0 spiro atoms. The zero-order valence-electron chi connectivity index (χ0n) is 11.3. The maximum Gasteiger partial charge on any atom is 0.234 e. The zero-order chi connectivity index (χ0) is 14.3. The summed E-state index contributed by atoms with van der Waals surface area (Å²) in [6, 6.07) is 5.67. The maximum atomic E-state index is 11.6. The second kappa shape index (κ2) is 8.14. The van der Waals surface area contributed by atoms with Gasteiger partial charge in [0.1, 0.15) is 0 Å². The van der Waals surface area contributed by atoms with Crippen LogP contribution in [0, 0.1) is 0 Å². The minimum absolute atomic E-state index is 0.00822. The lowest BCUT2D eigenvalue weighted by atomic mass is 10.2. The van der Waals surface area contributed by atoms with Crippen LogP contribution in [0.2, 0.25) is 0 Å². The maximum absolute atomic E-state index is 11.6. The highest BCUT2D eigenvalue weighted by Crippen LogP contribution is 2.20. The summed E-state index contributed by atoms with van der Waals surface area (Å²) in [5.74, 6) is -0.00822. The van der Waals surface area contributed by atoms with E-state index in [1.165, 1.54) is 0 Å². The number of hydrogen-bond donors (Lipinski definition) is 2. The molecule has 0 atom stereocenters. The number of rotatable bonds is 7. The molecule has 6 heteroatoms. The van der Waals surface area contributed by atoms with Gasteiger partial charge in [-0.25, -0.2) is 0 Å². The molecule has 5 nitrogen and oxygen atoms in total. The van der Waals surface area contributed by atoms with Crippen molar-refractivity contribution in [2.24, 2.45) is 0 Å². The number of nitrogens with one attached hydrogen (secondary N) is 1. The molecule has 1 rings (SSSR count). The highest BCUT2D eigenvalue weighted by Gasteiger charge is 2.08.